The standard InChI is InChI=1S/C10H14N6O3/c1-10(8-15-16(3)9(18)19-8)4(5(11)12)6(13-2)14-7(10)17/h13H,1-3H3,(H3,11,12)(H,14,17). The number of nitrogens with one attached hydrogen (secondary N) is 3. The Kier molecular flexibility index (Phi) is 2.69. The molecule has 1 aliphatic heterocycles. The molecule has 0 aromatic carbocycles. The number of amides is 1. The Bertz CT molecular complexity index is 654. The number of hydrogen-bond donors (Lipinski definition) is 4. The molecule has 0 bridgehead atoms. The van der Waals surface area contributed by atoms with Crippen molar-refractivity contribution in [3.05, 3.63) is 27.8 Å². The van der Waals surface area contributed by atoms with Crippen molar-refractivity contribution in [1.82, 2.24) is 20.4 Å². The van der Waals surface area contributed by atoms with Crippen molar-refractivity contribution < 1.29 is 9.21 Å². The van der Waals surface area contributed by atoms with E-state index < -0.39 is 17.1 Å². The van der Waals surface area contributed by atoms with E-state index in [1.807, 2.05) is 0 Å². The second-order valence-electron chi connectivity index (χ2n) is 4.29. The Morgan fingerprint density at radius 3 is 2.63 bits per heavy atom. The number of rotatable bonds is 3. The van der Waals surface area contributed by atoms with Gasteiger partial charge in [0.05, 0.1) is 5.57 Å². The Labute approximate surface area is 108 Å². The zero-order chi connectivity index (χ0) is 14.4. The summed E-state index contributed by atoms with van der Waals surface area (Å²) in [6.45, 7) is 1.49. The van der Waals surface area contributed by atoms with Crippen molar-refractivity contribution in [3.63, 3.8) is 0 Å². The van der Waals surface area contributed by atoms with Crippen LogP contribution in [-0.2, 0) is 17.3 Å². The van der Waals surface area contributed by atoms with Gasteiger partial charge in [0.15, 0.2) is 5.41 Å². The second kappa shape index (κ2) is 3.97. The number of amidine groups is 1. The summed E-state index contributed by atoms with van der Waals surface area (Å²) in [5.74, 6) is -1.27. The molecule has 0 saturated carbocycles. The molecule has 102 valence electrons. The zero-order valence-corrected chi connectivity index (χ0v) is 10.7. The average molecular weight is 266 g/mol. The lowest BCUT2D eigenvalue weighted by Crippen LogP contribution is -2.39. The van der Waals surface area contributed by atoms with Crippen LogP contribution in [0.3, 0.4) is 0 Å². The third-order valence-electron chi connectivity index (χ3n) is 3.08. The zero-order valence-electron chi connectivity index (χ0n) is 10.7. The molecule has 1 atom stereocenters. The first-order chi connectivity index (χ1) is 8.82. The summed E-state index contributed by atoms with van der Waals surface area (Å²) in [6.07, 6.45) is 0. The van der Waals surface area contributed by atoms with Gasteiger partial charge in [-0.2, -0.15) is 4.68 Å². The van der Waals surface area contributed by atoms with Crippen LogP contribution < -0.4 is 22.1 Å². The van der Waals surface area contributed by atoms with E-state index in [1.54, 1.807) is 7.05 Å². The fraction of sp³-hybridized carbons (Fsp3) is 0.400. The van der Waals surface area contributed by atoms with Crippen molar-refractivity contribution in [1.29, 1.82) is 5.41 Å². The predicted octanol–water partition coefficient (Wildman–Crippen LogP) is -1.87. The van der Waals surface area contributed by atoms with E-state index in [2.05, 4.69) is 15.7 Å². The third kappa shape index (κ3) is 1.62. The Hall–Kier alpha value is -2.58. The number of aromatic nitrogens is 2. The summed E-state index contributed by atoms with van der Waals surface area (Å²) >= 11 is 0. The quantitative estimate of drug-likeness (QED) is 0.373. The van der Waals surface area contributed by atoms with Gasteiger partial charge in [-0.15, -0.1) is 5.10 Å². The van der Waals surface area contributed by atoms with Crippen LogP contribution >= 0.6 is 0 Å². The van der Waals surface area contributed by atoms with Gasteiger partial charge in [-0.3, -0.25) is 10.2 Å². The van der Waals surface area contributed by atoms with Crippen molar-refractivity contribution in [2.24, 2.45) is 12.8 Å². The van der Waals surface area contributed by atoms with E-state index in [4.69, 9.17) is 15.6 Å². The van der Waals surface area contributed by atoms with E-state index in [0.29, 0.717) is 5.82 Å². The molecule has 2 heterocycles. The molecule has 1 amide bonds. The van der Waals surface area contributed by atoms with E-state index in [9.17, 15) is 9.59 Å². The lowest BCUT2D eigenvalue weighted by molar-refractivity contribution is -0.123. The Balaban J connectivity index is 2.69. The lowest BCUT2D eigenvalue weighted by Gasteiger charge is -2.19. The van der Waals surface area contributed by atoms with Crippen LogP contribution in [0.1, 0.15) is 12.8 Å². The van der Waals surface area contributed by atoms with Gasteiger partial charge < -0.3 is 20.8 Å². The number of nitrogens with two attached hydrogens (primary N) is 1. The van der Waals surface area contributed by atoms with Gasteiger partial charge in [-0.25, -0.2) is 4.79 Å². The van der Waals surface area contributed by atoms with Crippen molar-refractivity contribution in [2.45, 2.75) is 12.3 Å². The SMILES string of the molecule is CNC1=C(C(=N)N)C(C)(c2nn(C)c(=O)o2)C(=O)N1. The van der Waals surface area contributed by atoms with Gasteiger partial charge in [-0.05, 0) is 6.92 Å². The van der Waals surface area contributed by atoms with Gasteiger partial charge in [0.25, 0.3) is 0 Å². The molecule has 0 spiro atoms. The van der Waals surface area contributed by atoms with Crippen LogP contribution in [0, 0.1) is 5.41 Å². The van der Waals surface area contributed by atoms with Crippen LogP contribution in [0.15, 0.2) is 20.6 Å². The van der Waals surface area contributed by atoms with Crippen molar-refractivity contribution in [2.75, 3.05) is 7.05 Å². The van der Waals surface area contributed by atoms with E-state index in [1.165, 1.54) is 14.0 Å². The summed E-state index contributed by atoms with van der Waals surface area (Å²) in [5, 5.41) is 16.8. The first-order valence-electron chi connectivity index (χ1n) is 5.45. The van der Waals surface area contributed by atoms with Crippen molar-refractivity contribution >= 4 is 11.7 Å². The third-order valence-corrected chi connectivity index (χ3v) is 3.08. The molecule has 1 unspecified atom stereocenters. The molecule has 0 saturated heterocycles. The van der Waals surface area contributed by atoms with Crippen LogP contribution in [0.5, 0.6) is 0 Å². The van der Waals surface area contributed by atoms with Gasteiger partial charge in [0.1, 0.15) is 11.7 Å². The summed E-state index contributed by atoms with van der Waals surface area (Å²) in [4.78, 5) is 23.5. The largest absolute Gasteiger partial charge is 0.436 e. The van der Waals surface area contributed by atoms with Crippen LogP contribution in [0.4, 0.5) is 0 Å². The van der Waals surface area contributed by atoms with Gasteiger partial charge in [0.2, 0.25) is 11.8 Å². The minimum atomic E-state index is -1.41. The number of aryl methyl sites for hydroxylation is 1. The highest BCUT2D eigenvalue weighted by molar-refractivity contribution is 6.10. The molecule has 0 fully saturated rings. The van der Waals surface area contributed by atoms with Gasteiger partial charge >= 0.3 is 5.76 Å². The molecule has 5 N–H and O–H groups in total. The molecule has 9 nitrogen and oxygen atoms in total. The summed E-state index contributed by atoms with van der Waals surface area (Å²) in [6, 6.07) is 0. The first kappa shape index (κ1) is 12.9. The van der Waals surface area contributed by atoms with Crippen LogP contribution in [0.25, 0.3) is 0 Å². The van der Waals surface area contributed by atoms with E-state index in [0.717, 1.165) is 4.68 Å². The first-order valence-corrected chi connectivity index (χ1v) is 5.45. The Morgan fingerprint density at radius 1 is 1.58 bits per heavy atom. The molecule has 1 aromatic heterocycles. The minimum absolute atomic E-state index is 0.104. The summed E-state index contributed by atoms with van der Waals surface area (Å²) in [7, 11) is 2.99. The number of hydrogen-bond acceptors (Lipinski definition) is 6. The topological polar surface area (TPSA) is 139 Å². The van der Waals surface area contributed by atoms with Crippen molar-refractivity contribution in [3.8, 4) is 0 Å². The normalized spacial score (nSPS) is 22.6. The molecule has 0 aliphatic carbocycles. The maximum Gasteiger partial charge on any atom is 0.436 e. The monoisotopic (exact) mass is 266 g/mol. The number of carbonyl (C=O) groups excluding carboxylic acids is 1. The molecule has 19 heavy (non-hydrogen) atoms. The van der Waals surface area contributed by atoms with Gasteiger partial charge in [0, 0.05) is 14.1 Å². The molecule has 9 heteroatoms. The highest BCUT2D eigenvalue weighted by atomic mass is 16.4. The number of nitrogens with zero attached hydrogens (tertiary/aromatic N) is 2. The summed E-state index contributed by atoms with van der Waals surface area (Å²) < 4.78 is 5.94. The maximum atomic E-state index is 12.1. The highest BCUT2D eigenvalue weighted by Crippen LogP contribution is 2.35. The smallest absolute Gasteiger partial charge is 0.391 e. The highest BCUT2D eigenvalue weighted by Gasteiger charge is 2.51. The van der Waals surface area contributed by atoms with Crippen LogP contribution in [0.2, 0.25) is 0 Å². The van der Waals surface area contributed by atoms with Crippen LogP contribution in [-0.4, -0.2) is 28.6 Å². The fourth-order valence-corrected chi connectivity index (χ4v) is 2.01. The Morgan fingerprint density at radius 2 is 2.21 bits per heavy atom. The molecular formula is C10H14N6O3. The molecule has 1 aromatic rings. The second-order valence-corrected chi connectivity index (χ2v) is 4.29. The van der Waals surface area contributed by atoms with Gasteiger partial charge in [-0.1, -0.05) is 0 Å². The lowest BCUT2D eigenvalue weighted by atomic mass is 9.82. The maximum absolute atomic E-state index is 12.1. The van der Waals surface area contributed by atoms with E-state index in [-0.39, 0.29) is 17.3 Å². The molecule has 2 rings (SSSR count). The molecule has 0 radical (unpaired) electrons. The predicted molar refractivity (Wildman–Crippen MR) is 65.2 cm³/mol. The average Bonchev–Trinajstić information content (AvgIpc) is 2.80. The van der Waals surface area contributed by atoms with E-state index >= 15 is 0 Å². The fourth-order valence-electron chi connectivity index (χ4n) is 2.01. The summed E-state index contributed by atoms with van der Waals surface area (Å²) in [5.41, 5.74) is 4.31. The molecular weight excluding hydrogens is 252 g/mol. The minimum Gasteiger partial charge on any atom is -0.391 e. The molecule has 1 aliphatic rings. The number of carbonyl (C=O) groups is 1.